The zero-order chi connectivity index (χ0) is 15.9. The van der Waals surface area contributed by atoms with Gasteiger partial charge >= 0.3 is 0 Å². The molecule has 0 bridgehead atoms. The fourth-order valence-corrected chi connectivity index (χ4v) is 2.60. The number of carbonyl (C=O) groups excluding carboxylic acids is 2. The number of amides is 2. The van der Waals surface area contributed by atoms with Crippen molar-refractivity contribution in [3.05, 3.63) is 70.2 Å². The smallest absolute Gasteiger partial charge is 0.267 e. The Bertz CT molecular complexity index is 691. The first kappa shape index (κ1) is 16.4. The van der Waals surface area contributed by atoms with Gasteiger partial charge in [0.15, 0.2) is 0 Å². The van der Waals surface area contributed by atoms with E-state index in [-0.39, 0.29) is 5.91 Å². The van der Waals surface area contributed by atoms with Crippen LogP contribution in [0.25, 0.3) is 0 Å². The lowest BCUT2D eigenvalue weighted by atomic mass is 10.1. The van der Waals surface area contributed by atoms with Crippen molar-refractivity contribution in [2.75, 3.05) is 6.26 Å². The molecule has 2 rings (SSSR count). The highest BCUT2D eigenvalue weighted by Gasteiger charge is 2.11. The van der Waals surface area contributed by atoms with Gasteiger partial charge in [0, 0.05) is 11.3 Å². The molecular weight excluding hydrogens is 320 g/mol. The minimum absolute atomic E-state index is 0.306. The van der Waals surface area contributed by atoms with Crippen molar-refractivity contribution in [2.45, 2.75) is 5.75 Å². The van der Waals surface area contributed by atoms with E-state index in [9.17, 15) is 9.59 Å². The van der Waals surface area contributed by atoms with E-state index in [0.29, 0.717) is 16.1 Å². The predicted molar refractivity (Wildman–Crippen MR) is 90.0 cm³/mol. The van der Waals surface area contributed by atoms with Crippen molar-refractivity contribution in [2.24, 2.45) is 0 Å². The number of carbonyl (C=O) groups is 2. The molecule has 0 saturated carbocycles. The zero-order valence-corrected chi connectivity index (χ0v) is 13.5. The van der Waals surface area contributed by atoms with E-state index in [4.69, 9.17) is 11.6 Å². The Morgan fingerprint density at radius 1 is 1.05 bits per heavy atom. The molecule has 0 aliphatic rings. The van der Waals surface area contributed by atoms with Crippen molar-refractivity contribution >= 4 is 35.2 Å². The minimum atomic E-state index is -0.459. The molecule has 2 aromatic rings. The molecule has 0 radical (unpaired) electrons. The quantitative estimate of drug-likeness (QED) is 0.844. The standard InChI is InChI=1S/C16H15ClN2O2S/c1-22-10-11-5-4-6-12(9-11)15(20)18-19-16(21)13-7-2-3-8-14(13)17/h2-9H,10H2,1H3,(H,18,20)(H,19,21). The van der Waals surface area contributed by atoms with E-state index in [1.54, 1.807) is 48.2 Å². The first-order valence-electron chi connectivity index (χ1n) is 6.55. The summed E-state index contributed by atoms with van der Waals surface area (Å²) in [5, 5.41) is 0.330. The molecule has 0 aliphatic heterocycles. The number of nitrogens with one attached hydrogen (secondary N) is 2. The fourth-order valence-electron chi connectivity index (χ4n) is 1.87. The summed E-state index contributed by atoms with van der Waals surface area (Å²) in [6.07, 6.45) is 2.00. The molecular formula is C16H15ClN2O2S. The van der Waals surface area contributed by atoms with Crippen molar-refractivity contribution < 1.29 is 9.59 Å². The number of halogens is 1. The normalized spacial score (nSPS) is 10.1. The first-order chi connectivity index (χ1) is 10.6. The number of benzene rings is 2. The monoisotopic (exact) mass is 334 g/mol. The largest absolute Gasteiger partial charge is 0.271 e. The van der Waals surface area contributed by atoms with Gasteiger partial charge in [0.25, 0.3) is 11.8 Å². The van der Waals surface area contributed by atoms with E-state index in [1.807, 2.05) is 18.4 Å². The van der Waals surface area contributed by atoms with Crippen LogP contribution in [0, 0.1) is 0 Å². The van der Waals surface area contributed by atoms with Crippen molar-refractivity contribution in [1.82, 2.24) is 10.9 Å². The molecule has 0 unspecified atom stereocenters. The lowest BCUT2D eigenvalue weighted by Crippen LogP contribution is -2.41. The molecule has 0 saturated heterocycles. The van der Waals surface area contributed by atoms with Gasteiger partial charge in [0.2, 0.25) is 0 Å². The number of rotatable bonds is 4. The topological polar surface area (TPSA) is 58.2 Å². The third-order valence-corrected chi connectivity index (χ3v) is 3.86. The van der Waals surface area contributed by atoms with E-state index in [2.05, 4.69) is 10.9 Å². The molecule has 22 heavy (non-hydrogen) atoms. The van der Waals surface area contributed by atoms with Crippen LogP contribution in [0.4, 0.5) is 0 Å². The average Bonchev–Trinajstić information content (AvgIpc) is 2.53. The van der Waals surface area contributed by atoms with Crippen LogP contribution in [0.15, 0.2) is 48.5 Å². The molecule has 114 valence electrons. The summed E-state index contributed by atoms with van der Waals surface area (Å²) in [7, 11) is 0. The second kappa shape index (κ2) is 7.87. The van der Waals surface area contributed by atoms with Crippen LogP contribution < -0.4 is 10.9 Å². The van der Waals surface area contributed by atoms with E-state index < -0.39 is 5.91 Å². The Labute approximate surface area is 138 Å². The third-order valence-electron chi connectivity index (χ3n) is 2.91. The summed E-state index contributed by atoms with van der Waals surface area (Å²) in [4.78, 5) is 24.0. The molecule has 0 aliphatic carbocycles. The maximum Gasteiger partial charge on any atom is 0.271 e. The van der Waals surface area contributed by atoms with Crippen LogP contribution in [0.3, 0.4) is 0 Å². The zero-order valence-electron chi connectivity index (χ0n) is 11.9. The van der Waals surface area contributed by atoms with Gasteiger partial charge in [-0.25, -0.2) is 0 Å². The lowest BCUT2D eigenvalue weighted by molar-refractivity contribution is 0.0846. The Hall–Kier alpha value is -1.98. The Morgan fingerprint density at radius 3 is 2.50 bits per heavy atom. The molecule has 2 amide bonds. The summed E-state index contributed by atoms with van der Waals surface area (Å²) in [5.41, 5.74) is 6.60. The maximum atomic E-state index is 12.1. The van der Waals surface area contributed by atoms with Crippen LogP contribution in [-0.2, 0) is 5.75 Å². The Kier molecular flexibility index (Phi) is 5.86. The SMILES string of the molecule is CSCc1cccc(C(=O)NNC(=O)c2ccccc2Cl)c1. The van der Waals surface area contributed by atoms with Gasteiger partial charge in [-0.15, -0.1) is 0 Å². The summed E-state index contributed by atoms with van der Waals surface area (Å²) < 4.78 is 0. The second-order valence-corrected chi connectivity index (χ2v) is 5.79. The highest BCUT2D eigenvalue weighted by atomic mass is 35.5. The van der Waals surface area contributed by atoms with E-state index in [1.165, 1.54) is 0 Å². The van der Waals surface area contributed by atoms with E-state index in [0.717, 1.165) is 11.3 Å². The van der Waals surface area contributed by atoms with Gasteiger partial charge in [-0.3, -0.25) is 20.4 Å². The second-order valence-electron chi connectivity index (χ2n) is 4.52. The minimum Gasteiger partial charge on any atom is -0.267 e. The molecule has 0 heterocycles. The summed E-state index contributed by atoms with van der Waals surface area (Å²) in [6, 6.07) is 13.9. The van der Waals surface area contributed by atoms with Gasteiger partial charge < -0.3 is 0 Å². The molecule has 0 spiro atoms. The number of hydrogen-bond acceptors (Lipinski definition) is 3. The summed E-state index contributed by atoms with van der Waals surface area (Å²) in [5.74, 6) is -0.00446. The average molecular weight is 335 g/mol. The molecule has 2 N–H and O–H groups in total. The Morgan fingerprint density at radius 2 is 1.77 bits per heavy atom. The van der Waals surface area contributed by atoms with Crippen molar-refractivity contribution in [3.8, 4) is 0 Å². The lowest BCUT2D eigenvalue weighted by Gasteiger charge is -2.09. The maximum absolute atomic E-state index is 12.1. The molecule has 6 heteroatoms. The van der Waals surface area contributed by atoms with Gasteiger partial charge in [0.1, 0.15) is 0 Å². The van der Waals surface area contributed by atoms with Crippen molar-refractivity contribution in [1.29, 1.82) is 0 Å². The first-order valence-corrected chi connectivity index (χ1v) is 8.32. The van der Waals surface area contributed by atoms with E-state index >= 15 is 0 Å². The summed E-state index contributed by atoms with van der Waals surface area (Å²) in [6.45, 7) is 0. The predicted octanol–water partition coefficient (Wildman–Crippen LogP) is 3.28. The Balaban J connectivity index is 1.99. The highest BCUT2D eigenvalue weighted by molar-refractivity contribution is 7.97. The van der Waals surface area contributed by atoms with Gasteiger partial charge in [0.05, 0.1) is 10.6 Å². The number of hydrazine groups is 1. The van der Waals surface area contributed by atoms with Crippen LogP contribution >= 0.6 is 23.4 Å². The van der Waals surface area contributed by atoms with Gasteiger partial charge in [-0.1, -0.05) is 35.9 Å². The van der Waals surface area contributed by atoms with Crippen LogP contribution in [0.2, 0.25) is 5.02 Å². The fraction of sp³-hybridized carbons (Fsp3) is 0.125. The van der Waals surface area contributed by atoms with Crippen LogP contribution in [0.5, 0.6) is 0 Å². The molecule has 0 atom stereocenters. The molecule has 0 aromatic heterocycles. The highest BCUT2D eigenvalue weighted by Crippen LogP contribution is 2.14. The molecule has 0 fully saturated rings. The molecule has 4 nitrogen and oxygen atoms in total. The number of thioether (sulfide) groups is 1. The third kappa shape index (κ3) is 4.26. The summed E-state index contributed by atoms with van der Waals surface area (Å²) >= 11 is 7.61. The number of hydrogen-bond donors (Lipinski definition) is 2. The van der Waals surface area contributed by atoms with Crippen molar-refractivity contribution in [3.63, 3.8) is 0 Å². The van der Waals surface area contributed by atoms with Gasteiger partial charge in [-0.2, -0.15) is 11.8 Å². The molecule has 2 aromatic carbocycles. The van der Waals surface area contributed by atoms with Gasteiger partial charge in [-0.05, 0) is 36.1 Å². The van der Waals surface area contributed by atoms with Crippen LogP contribution in [0.1, 0.15) is 26.3 Å². The van der Waals surface area contributed by atoms with Crippen LogP contribution in [-0.4, -0.2) is 18.1 Å².